The fraction of sp³-hybridized carbons (Fsp3) is 0.0400. The molecule has 0 fully saturated rings. The minimum absolute atomic E-state index is 0.144. The SMILES string of the molecule is COc1ccccc1C(=O)Nc1cccc(-c2nc(Nc3ccc(Cl)cc3)[nH]c(=O)c2C#N)c1. The van der Waals surface area contributed by atoms with Crippen LogP contribution in [0.1, 0.15) is 15.9 Å². The largest absolute Gasteiger partial charge is 0.496 e. The van der Waals surface area contributed by atoms with Crippen molar-refractivity contribution in [2.45, 2.75) is 0 Å². The standard InChI is InChI=1S/C25H18ClN5O3/c1-34-21-8-3-2-7-19(21)23(32)28-18-6-4-5-15(13-18)22-20(14-27)24(33)31-25(30-22)29-17-11-9-16(26)10-12-17/h2-13H,1H3,(H,28,32)(H2,29,30,31,33). The van der Waals surface area contributed by atoms with Gasteiger partial charge in [0, 0.05) is 22.0 Å². The van der Waals surface area contributed by atoms with Gasteiger partial charge in [-0.2, -0.15) is 5.26 Å². The van der Waals surface area contributed by atoms with E-state index in [1.807, 2.05) is 6.07 Å². The molecule has 34 heavy (non-hydrogen) atoms. The number of carbonyl (C=O) groups excluding carboxylic acids is 1. The molecule has 0 aliphatic carbocycles. The molecule has 0 saturated carbocycles. The first-order valence-corrected chi connectivity index (χ1v) is 10.5. The van der Waals surface area contributed by atoms with Crippen LogP contribution < -0.4 is 20.9 Å². The van der Waals surface area contributed by atoms with Crippen LogP contribution in [0.4, 0.5) is 17.3 Å². The molecule has 0 unspecified atom stereocenters. The van der Waals surface area contributed by atoms with Gasteiger partial charge in [0.05, 0.1) is 18.4 Å². The molecule has 9 heteroatoms. The second-order valence-electron chi connectivity index (χ2n) is 7.12. The van der Waals surface area contributed by atoms with Gasteiger partial charge in [-0.05, 0) is 48.5 Å². The topological polar surface area (TPSA) is 120 Å². The Hall–Kier alpha value is -4.61. The Morgan fingerprint density at radius 3 is 2.56 bits per heavy atom. The van der Waals surface area contributed by atoms with Gasteiger partial charge in [-0.15, -0.1) is 0 Å². The third kappa shape index (κ3) is 4.90. The van der Waals surface area contributed by atoms with Crippen molar-refractivity contribution >= 4 is 34.8 Å². The number of rotatable bonds is 6. The lowest BCUT2D eigenvalue weighted by Crippen LogP contribution is -2.16. The molecular weight excluding hydrogens is 454 g/mol. The molecule has 0 atom stereocenters. The summed E-state index contributed by atoms with van der Waals surface area (Å²) in [6.45, 7) is 0. The second kappa shape index (κ2) is 9.90. The Kier molecular flexibility index (Phi) is 6.57. The zero-order chi connectivity index (χ0) is 24.1. The van der Waals surface area contributed by atoms with Crippen LogP contribution in [0.2, 0.25) is 5.02 Å². The summed E-state index contributed by atoms with van der Waals surface area (Å²) in [5.74, 6) is 0.237. The summed E-state index contributed by atoms with van der Waals surface area (Å²) in [5, 5.41) is 15.9. The van der Waals surface area contributed by atoms with Crippen LogP contribution in [0.5, 0.6) is 5.75 Å². The van der Waals surface area contributed by atoms with Gasteiger partial charge in [0.1, 0.15) is 17.4 Å². The van der Waals surface area contributed by atoms with Crippen molar-refractivity contribution in [3.63, 3.8) is 0 Å². The first-order valence-electron chi connectivity index (χ1n) is 10.1. The highest BCUT2D eigenvalue weighted by atomic mass is 35.5. The Balaban J connectivity index is 1.67. The maximum absolute atomic E-state index is 12.8. The average Bonchev–Trinajstić information content (AvgIpc) is 2.85. The summed E-state index contributed by atoms with van der Waals surface area (Å²) in [6.07, 6.45) is 0. The zero-order valence-corrected chi connectivity index (χ0v) is 18.7. The summed E-state index contributed by atoms with van der Waals surface area (Å²) in [4.78, 5) is 32.3. The lowest BCUT2D eigenvalue weighted by Gasteiger charge is -2.11. The number of aromatic nitrogens is 2. The van der Waals surface area contributed by atoms with Gasteiger partial charge in [-0.25, -0.2) is 4.98 Å². The Bertz CT molecular complexity index is 1460. The van der Waals surface area contributed by atoms with Gasteiger partial charge >= 0.3 is 0 Å². The first kappa shape index (κ1) is 22.6. The van der Waals surface area contributed by atoms with Crippen molar-refractivity contribution in [3.05, 3.63) is 99.3 Å². The summed E-state index contributed by atoms with van der Waals surface area (Å²) in [5.41, 5.74) is 1.42. The summed E-state index contributed by atoms with van der Waals surface area (Å²) < 4.78 is 5.25. The number of aromatic amines is 1. The molecule has 168 valence electrons. The number of amides is 1. The van der Waals surface area contributed by atoms with Gasteiger partial charge in [0.25, 0.3) is 11.5 Å². The number of H-pyrrole nitrogens is 1. The van der Waals surface area contributed by atoms with Gasteiger partial charge in [0.15, 0.2) is 0 Å². The highest BCUT2D eigenvalue weighted by molar-refractivity contribution is 6.30. The van der Waals surface area contributed by atoms with Crippen molar-refractivity contribution in [1.29, 1.82) is 5.26 Å². The van der Waals surface area contributed by atoms with Crippen molar-refractivity contribution < 1.29 is 9.53 Å². The van der Waals surface area contributed by atoms with E-state index in [-0.39, 0.29) is 23.1 Å². The molecule has 0 bridgehead atoms. The molecule has 4 rings (SSSR count). The zero-order valence-electron chi connectivity index (χ0n) is 17.9. The second-order valence-corrected chi connectivity index (χ2v) is 7.55. The third-order valence-corrected chi connectivity index (χ3v) is 5.14. The lowest BCUT2D eigenvalue weighted by molar-refractivity contribution is 0.102. The van der Waals surface area contributed by atoms with Crippen LogP contribution in [-0.4, -0.2) is 23.0 Å². The minimum atomic E-state index is -0.590. The van der Waals surface area contributed by atoms with Crippen molar-refractivity contribution in [3.8, 4) is 23.1 Å². The Labute approximate surface area is 199 Å². The average molecular weight is 472 g/mol. The molecular formula is C25H18ClN5O3. The lowest BCUT2D eigenvalue weighted by atomic mass is 10.1. The van der Waals surface area contributed by atoms with Crippen molar-refractivity contribution in [1.82, 2.24) is 9.97 Å². The van der Waals surface area contributed by atoms with E-state index in [0.29, 0.717) is 33.3 Å². The highest BCUT2D eigenvalue weighted by Crippen LogP contribution is 2.26. The molecule has 0 saturated heterocycles. The maximum Gasteiger partial charge on any atom is 0.270 e. The van der Waals surface area contributed by atoms with Gasteiger partial charge in [-0.1, -0.05) is 35.9 Å². The van der Waals surface area contributed by atoms with E-state index in [0.717, 1.165) is 0 Å². The van der Waals surface area contributed by atoms with Crippen LogP contribution in [0, 0.1) is 11.3 Å². The van der Waals surface area contributed by atoms with Crippen LogP contribution in [-0.2, 0) is 0 Å². The predicted molar refractivity (Wildman–Crippen MR) is 131 cm³/mol. The number of halogens is 1. The Morgan fingerprint density at radius 2 is 1.82 bits per heavy atom. The smallest absolute Gasteiger partial charge is 0.270 e. The molecule has 1 amide bonds. The minimum Gasteiger partial charge on any atom is -0.496 e. The van der Waals surface area contributed by atoms with Gasteiger partial charge in [0.2, 0.25) is 5.95 Å². The maximum atomic E-state index is 12.8. The number of ether oxygens (including phenoxy) is 1. The van der Waals surface area contributed by atoms with Crippen LogP contribution in [0.15, 0.2) is 77.6 Å². The predicted octanol–water partition coefficient (Wildman–Crippen LogP) is 4.97. The van der Waals surface area contributed by atoms with E-state index in [2.05, 4.69) is 20.6 Å². The van der Waals surface area contributed by atoms with E-state index >= 15 is 0 Å². The van der Waals surface area contributed by atoms with E-state index in [4.69, 9.17) is 16.3 Å². The summed E-state index contributed by atoms with van der Waals surface area (Å²) in [7, 11) is 1.49. The van der Waals surface area contributed by atoms with Crippen molar-refractivity contribution in [2.75, 3.05) is 17.7 Å². The number of nitriles is 1. The van der Waals surface area contributed by atoms with Crippen molar-refractivity contribution in [2.24, 2.45) is 0 Å². The molecule has 1 aromatic heterocycles. The number of hydrogen-bond acceptors (Lipinski definition) is 6. The number of hydrogen-bond donors (Lipinski definition) is 3. The Morgan fingerprint density at radius 1 is 1.06 bits per heavy atom. The fourth-order valence-electron chi connectivity index (χ4n) is 3.29. The van der Waals surface area contributed by atoms with Crippen LogP contribution in [0.3, 0.4) is 0 Å². The third-order valence-electron chi connectivity index (χ3n) is 4.88. The van der Waals surface area contributed by atoms with E-state index in [9.17, 15) is 14.9 Å². The van der Waals surface area contributed by atoms with E-state index in [1.54, 1.807) is 72.8 Å². The molecule has 8 nitrogen and oxygen atoms in total. The van der Waals surface area contributed by atoms with Gasteiger partial charge < -0.3 is 15.4 Å². The normalized spacial score (nSPS) is 10.3. The molecule has 1 heterocycles. The number of carbonyl (C=O) groups is 1. The fourth-order valence-corrected chi connectivity index (χ4v) is 3.42. The number of methoxy groups -OCH3 is 1. The van der Waals surface area contributed by atoms with E-state index < -0.39 is 5.56 Å². The van der Waals surface area contributed by atoms with Crippen LogP contribution >= 0.6 is 11.6 Å². The monoisotopic (exact) mass is 471 g/mol. The van der Waals surface area contributed by atoms with Crippen LogP contribution in [0.25, 0.3) is 11.3 Å². The number of nitrogens with zero attached hydrogens (tertiary/aromatic N) is 2. The molecule has 0 radical (unpaired) electrons. The molecule has 3 N–H and O–H groups in total. The quantitative estimate of drug-likeness (QED) is 0.365. The molecule has 3 aromatic carbocycles. The number of para-hydroxylation sites is 1. The molecule has 0 aliphatic heterocycles. The summed E-state index contributed by atoms with van der Waals surface area (Å²) in [6, 6.07) is 22.4. The number of benzene rings is 3. The van der Waals surface area contributed by atoms with E-state index in [1.165, 1.54) is 7.11 Å². The molecule has 0 aliphatic rings. The molecule has 4 aromatic rings. The van der Waals surface area contributed by atoms with Gasteiger partial charge in [-0.3, -0.25) is 14.6 Å². The molecule has 0 spiro atoms. The highest BCUT2D eigenvalue weighted by Gasteiger charge is 2.16. The summed E-state index contributed by atoms with van der Waals surface area (Å²) >= 11 is 5.92. The number of nitrogens with one attached hydrogen (secondary N) is 3. The number of anilines is 3. The first-order chi connectivity index (χ1) is 16.5.